The molecule has 0 spiro atoms. The molecule has 0 aliphatic rings. The number of fused-ring (bicyclic) bond motifs is 3. The summed E-state index contributed by atoms with van der Waals surface area (Å²) in [6.45, 7) is 1.77. The third-order valence-corrected chi connectivity index (χ3v) is 4.99. The van der Waals surface area contributed by atoms with E-state index in [2.05, 4.69) is 4.74 Å². The quantitative estimate of drug-likeness (QED) is 0.333. The van der Waals surface area contributed by atoms with Gasteiger partial charge in [0.25, 0.3) is 0 Å². The first kappa shape index (κ1) is 19.7. The van der Waals surface area contributed by atoms with Gasteiger partial charge in [-0.2, -0.15) is 13.2 Å². The number of pyridine rings is 1. The van der Waals surface area contributed by atoms with E-state index in [1.807, 2.05) is 0 Å². The predicted molar refractivity (Wildman–Crippen MR) is 106 cm³/mol. The van der Waals surface area contributed by atoms with Crippen molar-refractivity contribution in [3.63, 3.8) is 0 Å². The highest BCUT2D eigenvalue weighted by Crippen LogP contribution is 2.40. The van der Waals surface area contributed by atoms with Crippen molar-refractivity contribution in [2.45, 2.75) is 13.1 Å². The Morgan fingerprint density at radius 1 is 0.967 bits per heavy atom. The molecule has 0 atom stereocenters. The number of nitrogens with zero attached hydrogens (tertiary/aromatic N) is 1. The third kappa shape index (κ3) is 3.03. The van der Waals surface area contributed by atoms with Crippen molar-refractivity contribution in [2.75, 3.05) is 7.11 Å². The van der Waals surface area contributed by atoms with Crippen LogP contribution in [-0.4, -0.2) is 23.3 Å². The summed E-state index contributed by atoms with van der Waals surface area (Å²) >= 11 is 0. The van der Waals surface area contributed by atoms with Crippen molar-refractivity contribution in [3.05, 3.63) is 88.7 Å². The number of ether oxygens (including phenoxy) is 1. The molecule has 0 amide bonds. The lowest BCUT2D eigenvalue weighted by molar-refractivity contribution is -0.142. The van der Waals surface area contributed by atoms with E-state index < -0.39 is 29.2 Å². The number of hydrogen-bond donors (Lipinski definition) is 0. The zero-order valence-electron chi connectivity index (χ0n) is 16.1. The molecule has 0 N–H and O–H groups in total. The molecule has 0 saturated heterocycles. The fraction of sp³-hybridized carbons (Fsp3) is 0.130. The fourth-order valence-electron chi connectivity index (χ4n) is 3.75. The summed E-state index contributed by atoms with van der Waals surface area (Å²) in [5.41, 5.74) is -1.36. The van der Waals surface area contributed by atoms with E-state index >= 15 is 0 Å². The van der Waals surface area contributed by atoms with Gasteiger partial charge in [0.2, 0.25) is 0 Å². The highest BCUT2D eigenvalue weighted by Gasteiger charge is 2.43. The van der Waals surface area contributed by atoms with Gasteiger partial charge in [-0.05, 0) is 24.4 Å². The Morgan fingerprint density at radius 2 is 1.70 bits per heavy atom. The normalized spacial score (nSPS) is 11.8. The van der Waals surface area contributed by atoms with Gasteiger partial charge in [-0.1, -0.05) is 48.0 Å². The Hall–Kier alpha value is -3.61. The molecule has 4 rings (SSSR count). The molecule has 30 heavy (non-hydrogen) atoms. The minimum absolute atomic E-state index is 0.0207. The number of aryl methyl sites for hydroxylation is 1. The number of esters is 1. The summed E-state index contributed by atoms with van der Waals surface area (Å²) < 4.78 is 47.8. The van der Waals surface area contributed by atoms with Crippen LogP contribution in [0.2, 0.25) is 0 Å². The molecule has 4 aromatic rings. The second-order valence-corrected chi connectivity index (χ2v) is 6.91. The number of ketones is 1. The largest absolute Gasteiger partial charge is 0.465 e. The van der Waals surface area contributed by atoms with E-state index in [0.29, 0.717) is 10.8 Å². The van der Waals surface area contributed by atoms with Gasteiger partial charge in [-0.3, -0.25) is 4.79 Å². The maximum atomic E-state index is 14.1. The average Bonchev–Trinajstić information content (AvgIpc) is 3.08. The smallest absolute Gasteiger partial charge is 0.432 e. The van der Waals surface area contributed by atoms with Gasteiger partial charge >= 0.3 is 12.1 Å². The standard InChI is InChI=1S/C23H16F3NO3/c1-13-6-5-8-15(12-13)20(28)17-18(22(29)30-2)21(23(24,25)26)27-11-10-14-7-3-4-9-16(14)19(17)27/h3-12H,1-2H3. The van der Waals surface area contributed by atoms with Crippen LogP contribution >= 0.6 is 0 Å². The number of methoxy groups -OCH3 is 1. The minimum Gasteiger partial charge on any atom is -0.465 e. The second kappa shape index (κ2) is 7.02. The fourth-order valence-corrected chi connectivity index (χ4v) is 3.75. The third-order valence-electron chi connectivity index (χ3n) is 4.99. The zero-order chi connectivity index (χ0) is 21.6. The van der Waals surface area contributed by atoms with E-state index in [9.17, 15) is 22.8 Å². The number of halogens is 3. The molecule has 0 unspecified atom stereocenters. The van der Waals surface area contributed by atoms with Gasteiger partial charge in [0, 0.05) is 17.1 Å². The van der Waals surface area contributed by atoms with Gasteiger partial charge < -0.3 is 9.14 Å². The van der Waals surface area contributed by atoms with Gasteiger partial charge in [0.15, 0.2) is 5.78 Å². The number of aromatic nitrogens is 1. The lowest BCUT2D eigenvalue weighted by Crippen LogP contribution is -2.17. The summed E-state index contributed by atoms with van der Waals surface area (Å²) in [7, 11) is 0.990. The Morgan fingerprint density at radius 3 is 2.37 bits per heavy atom. The molecule has 0 bridgehead atoms. The molecule has 0 fully saturated rings. The van der Waals surface area contributed by atoms with Crippen molar-refractivity contribution in [3.8, 4) is 0 Å². The van der Waals surface area contributed by atoms with Crippen LogP contribution in [0.5, 0.6) is 0 Å². The summed E-state index contributed by atoms with van der Waals surface area (Å²) in [5, 5.41) is 1.07. The second-order valence-electron chi connectivity index (χ2n) is 6.91. The molecule has 0 radical (unpaired) electrons. The molecular formula is C23H16F3NO3. The van der Waals surface area contributed by atoms with Crippen LogP contribution in [0.25, 0.3) is 16.3 Å². The number of rotatable bonds is 3. The highest BCUT2D eigenvalue weighted by atomic mass is 19.4. The maximum Gasteiger partial charge on any atom is 0.432 e. The summed E-state index contributed by atoms with van der Waals surface area (Å²) in [6.07, 6.45) is -3.67. The first-order valence-corrected chi connectivity index (χ1v) is 9.06. The van der Waals surface area contributed by atoms with Gasteiger partial charge in [-0.25, -0.2) is 4.79 Å². The van der Waals surface area contributed by atoms with Crippen LogP contribution < -0.4 is 0 Å². The Kier molecular flexibility index (Phi) is 4.61. The van der Waals surface area contributed by atoms with Crippen LogP contribution in [0.15, 0.2) is 60.8 Å². The number of benzene rings is 2. The molecule has 2 aromatic heterocycles. The number of alkyl halides is 3. The summed E-state index contributed by atoms with van der Waals surface area (Å²) in [4.78, 5) is 26.0. The first-order valence-electron chi connectivity index (χ1n) is 9.06. The Bertz CT molecular complexity index is 1320. The number of carbonyl (C=O) groups is 2. The van der Waals surface area contributed by atoms with Crippen molar-refractivity contribution in [1.82, 2.24) is 4.40 Å². The molecule has 0 aliphatic heterocycles. The highest BCUT2D eigenvalue weighted by molar-refractivity contribution is 6.22. The van der Waals surface area contributed by atoms with E-state index in [4.69, 9.17) is 0 Å². The van der Waals surface area contributed by atoms with Crippen molar-refractivity contribution in [2.24, 2.45) is 0 Å². The minimum atomic E-state index is -4.89. The molecule has 2 aromatic carbocycles. The van der Waals surface area contributed by atoms with Crippen LogP contribution in [0.1, 0.15) is 37.5 Å². The topological polar surface area (TPSA) is 47.8 Å². The van der Waals surface area contributed by atoms with Crippen LogP contribution in [0, 0.1) is 6.92 Å². The summed E-state index contributed by atoms with van der Waals surface area (Å²) in [5.74, 6) is -1.89. The monoisotopic (exact) mass is 411 g/mol. The molecule has 2 heterocycles. The molecule has 0 saturated carbocycles. The van der Waals surface area contributed by atoms with Crippen LogP contribution in [-0.2, 0) is 10.9 Å². The van der Waals surface area contributed by atoms with E-state index in [1.54, 1.807) is 49.4 Å². The number of carbonyl (C=O) groups excluding carboxylic acids is 2. The zero-order valence-corrected chi connectivity index (χ0v) is 16.1. The van der Waals surface area contributed by atoms with E-state index in [-0.39, 0.29) is 16.6 Å². The number of hydrogen-bond acceptors (Lipinski definition) is 3. The van der Waals surface area contributed by atoms with Crippen molar-refractivity contribution < 1.29 is 27.5 Å². The lowest BCUT2D eigenvalue weighted by atomic mass is 9.96. The predicted octanol–water partition coefficient (Wildman–Crippen LogP) is 5.44. The van der Waals surface area contributed by atoms with Crippen LogP contribution in [0.3, 0.4) is 0 Å². The Labute approximate surface area is 169 Å². The van der Waals surface area contributed by atoms with Gasteiger partial charge in [0.1, 0.15) is 11.3 Å². The van der Waals surface area contributed by atoms with E-state index in [0.717, 1.165) is 17.1 Å². The Balaban J connectivity index is 2.22. The van der Waals surface area contributed by atoms with Crippen molar-refractivity contribution in [1.29, 1.82) is 0 Å². The molecular weight excluding hydrogens is 395 g/mol. The first-order chi connectivity index (χ1) is 14.2. The molecule has 0 aliphatic carbocycles. The van der Waals surface area contributed by atoms with Gasteiger partial charge in [-0.15, -0.1) is 0 Å². The van der Waals surface area contributed by atoms with Crippen LogP contribution in [0.4, 0.5) is 13.2 Å². The lowest BCUT2D eigenvalue weighted by Gasteiger charge is -2.10. The average molecular weight is 411 g/mol. The molecule has 7 heteroatoms. The SMILES string of the molecule is COC(=O)c1c(C(=O)c2cccc(C)c2)c2c3ccccc3ccn2c1C(F)(F)F. The molecule has 4 nitrogen and oxygen atoms in total. The molecule has 152 valence electrons. The maximum absolute atomic E-state index is 14.1. The summed E-state index contributed by atoms with van der Waals surface area (Å²) in [6, 6.07) is 14.8. The van der Waals surface area contributed by atoms with E-state index in [1.165, 1.54) is 18.3 Å². The van der Waals surface area contributed by atoms with Gasteiger partial charge in [0.05, 0.1) is 18.2 Å². The van der Waals surface area contributed by atoms with Crippen molar-refractivity contribution >= 4 is 28.0 Å².